The van der Waals surface area contributed by atoms with Gasteiger partial charge in [-0.1, -0.05) is 32.4 Å². The van der Waals surface area contributed by atoms with Crippen LogP contribution in [-0.4, -0.2) is 16.7 Å². The average molecular weight is 323 g/mol. The highest BCUT2D eigenvalue weighted by molar-refractivity contribution is 6.31. The highest BCUT2D eigenvalue weighted by Gasteiger charge is 2.27. The van der Waals surface area contributed by atoms with E-state index >= 15 is 0 Å². The summed E-state index contributed by atoms with van der Waals surface area (Å²) in [5, 5.41) is 14.5. The van der Waals surface area contributed by atoms with Crippen LogP contribution in [0.15, 0.2) is 23.3 Å². The van der Waals surface area contributed by atoms with Crippen molar-refractivity contribution in [1.82, 2.24) is 5.43 Å². The predicted octanol–water partition coefficient (Wildman–Crippen LogP) is 4.22. The van der Waals surface area contributed by atoms with Gasteiger partial charge in [-0.25, -0.2) is 5.43 Å². The van der Waals surface area contributed by atoms with Gasteiger partial charge < -0.3 is 5.11 Å². The van der Waals surface area contributed by atoms with E-state index in [2.05, 4.69) is 31.3 Å². The van der Waals surface area contributed by atoms with Gasteiger partial charge in [-0.3, -0.25) is 4.79 Å². The molecule has 2 atom stereocenters. The second-order valence-electron chi connectivity index (χ2n) is 6.44. The SMILES string of the molecule is CC(C)[C@H]1CC[C@H](C)C/C1=N/NC(=O)c1cc(Cl)ccc1O. The van der Waals surface area contributed by atoms with Gasteiger partial charge in [0.2, 0.25) is 0 Å². The zero-order valence-corrected chi connectivity index (χ0v) is 14.0. The fourth-order valence-electron chi connectivity index (χ4n) is 2.96. The van der Waals surface area contributed by atoms with Crippen LogP contribution in [0.1, 0.15) is 50.4 Å². The van der Waals surface area contributed by atoms with E-state index in [1.165, 1.54) is 24.6 Å². The van der Waals surface area contributed by atoms with Gasteiger partial charge in [0.05, 0.1) is 5.56 Å². The molecule has 0 aromatic heterocycles. The highest BCUT2D eigenvalue weighted by atomic mass is 35.5. The summed E-state index contributed by atoms with van der Waals surface area (Å²) < 4.78 is 0. The number of hydrazone groups is 1. The number of rotatable bonds is 3. The zero-order chi connectivity index (χ0) is 16.3. The van der Waals surface area contributed by atoms with Crippen LogP contribution in [0.3, 0.4) is 0 Å². The Morgan fingerprint density at radius 3 is 2.82 bits per heavy atom. The third-order valence-electron chi connectivity index (χ3n) is 4.27. The van der Waals surface area contributed by atoms with E-state index in [0.717, 1.165) is 18.6 Å². The molecule has 0 saturated heterocycles. The van der Waals surface area contributed by atoms with Crippen molar-refractivity contribution in [2.24, 2.45) is 22.9 Å². The number of aromatic hydroxyl groups is 1. The first-order valence-corrected chi connectivity index (χ1v) is 8.11. The molecule has 120 valence electrons. The molecule has 0 bridgehead atoms. The Morgan fingerprint density at radius 1 is 1.41 bits per heavy atom. The molecule has 5 heteroatoms. The van der Waals surface area contributed by atoms with Gasteiger partial charge in [-0.2, -0.15) is 5.10 Å². The molecule has 1 aliphatic carbocycles. The molecule has 1 saturated carbocycles. The van der Waals surface area contributed by atoms with Gasteiger partial charge in [0, 0.05) is 16.7 Å². The Balaban J connectivity index is 2.14. The zero-order valence-electron chi connectivity index (χ0n) is 13.3. The number of hydrogen-bond acceptors (Lipinski definition) is 3. The summed E-state index contributed by atoms with van der Waals surface area (Å²) >= 11 is 5.87. The number of carbonyl (C=O) groups excluding carboxylic acids is 1. The minimum absolute atomic E-state index is 0.0977. The number of nitrogens with zero attached hydrogens (tertiary/aromatic N) is 1. The number of phenols is 1. The van der Waals surface area contributed by atoms with E-state index < -0.39 is 5.91 Å². The van der Waals surface area contributed by atoms with Crippen LogP contribution in [0.25, 0.3) is 0 Å². The van der Waals surface area contributed by atoms with Crippen LogP contribution in [0, 0.1) is 17.8 Å². The molecule has 1 aromatic rings. The Kier molecular flexibility index (Phi) is 5.46. The molecule has 1 amide bonds. The summed E-state index contributed by atoms with van der Waals surface area (Å²) in [4.78, 5) is 12.2. The third-order valence-corrected chi connectivity index (χ3v) is 4.50. The number of phenolic OH excluding ortho intramolecular Hbond substituents is 1. The molecule has 0 spiro atoms. The molecule has 2 N–H and O–H groups in total. The molecule has 0 radical (unpaired) electrons. The van der Waals surface area contributed by atoms with Crippen molar-refractivity contribution in [2.75, 3.05) is 0 Å². The standard InChI is InChI=1S/C17H23ClN2O2/c1-10(2)13-6-4-11(3)8-15(13)19-20-17(22)14-9-12(18)5-7-16(14)21/h5,7,9-11,13,21H,4,6,8H2,1-3H3,(H,20,22)/b19-15-/t11-,13+/m0/s1. The first-order chi connectivity index (χ1) is 10.4. The summed E-state index contributed by atoms with van der Waals surface area (Å²) in [6.45, 7) is 6.57. The van der Waals surface area contributed by atoms with Crippen LogP contribution in [-0.2, 0) is 0 Å². The molecule has 1 aromatic carbocycles. The summed E-state index contributed by atoms with van der Waals surface area (Å²) in [5.74, 6) is 0.963. The van der Waals surface area contributed by atoms with Crippen LogP contribution in [0.2, 0.25) is 5.02 Å². The van der Waals surface area contributed by atoms with Crippen molar-refractivity contribution in [3.05, 3.63) is 28.8 Å². The number of carbonyl (C=O) groups is 1. The smallest absolute Gasteiger partial charge is 0.275 e. The van der Waals surface area contributed by atoms with Gasteiger partial charge in [-0.15, -0.1) is 0 Å². The van der Waals surface area contributed by atoms with Gasteiger partial charge >= 0.3 is 0 Å². The second kappa shape index (κ2) is 7.14. The summed E-state index contributed by atoms with van der Waals surface area (Å²) in [7, 11) is 0. The molecule has 0 heterocycles. The van der Waals surface area contributed by atoms with Crippen molar-refractivity contribution in [2.45, 2.75) is 40.0 Å². The Labute approximate surface area is 136 Å². The van der Waals surface area contributed by atoms with Crippen molar-refractivity contribution < 1.29 is 9.90 Å². The van der Waals surface area contributed by atoms with E-state index in [-0.39, 0.29) is 11.3 Å². The second-order valence-corrected chi connectivity index (χ2v) is 6.88. The van der Waals surface area contributed by atoms with Crippen molar-refractivity contribution in [3.8, 4) is 5.75 Å². The van der Waals surface area contributed by atoms with Gasteiger partial charge in [0.25, 0.3) is 5.91 Å². The maximum absolute atomic E-state index is 12.2. The number of halogens is 1. The molecule has 0 aliphatic heterocycles. The molecular formula is C17H23ClN2O2. The number of benzene rings is 1. The van der Waals surface area contributed by atoms with E-state index in [1.807, 2.05) is 0 Å². The summed E-state index contributed by atoms with van der Waals surface area (Å²) in [5.41, 5.74) is 3.76. The van der Waals surface area contributed by atoms with Gasteiger partial charge in [-0.05, 0) is 49.3 Å². The molecule has 0 unspecified atom stereocenters. The minimum atomic E-state index is -0.437. The monoisotopic (exact) mass is 322 g/mol. The molecule has 4 nitrogen and oxygen atoms in total. The van der Waals surface area contributed by atoms with Crippen LogP contribution in [0.4, 0.5) is 0 Å². The highest BCUT2D eigenvalue weighted by Crippen LogP contribution is 2.31. The molecule has 1 fully saturated rings. The van der Waals surface area contributed by atoms with E-state index in [4.69, 9.17) is 11.6 Å². The largest absolute Gasteiger partial charge is 0.507 e. The van der Waals surface area contributed by atoms with Crippen LogP contribution in [0.5, 0.6) is 5.75 Å². The lowest BCUT2D eigenvalue weighted by molar-refractivity contribution is 0.0951. The van der Waals surface area contributed by atoms with Crippen molar-refractivity contribution >= 4 is 23.2 Å². The maximum Gasteiger partial charge on any atom is 0.275 e. The lowest BCUT2D eigenvalue weighted by Crippen LogP contribution is -2.31. The van der Waals surface area contributed by atoms with Crippen LogP contribution >= 0.6 is 11.6 Å². The van der Waals surface area contributed by atoms with Crippen molar-refractivity contribution in [3.63, 3.8) is 0 Å². The topological polar surface area (TPSA) is 61.7 Å². The normalized spacial score (nSPS) is 23.8. The minimum Gasteiger partial charge on any atom is -0.507 e. The van der Waals surface area contributed by atoms with E-state index in [0.29, 0.717) is 22.8 Å². The van der Waals surface area contributed by atoms with Gasteiger partial charge in [0.15, 0.2) is 0 Å². The van der Waals surface area contributed by atoms with Crippen LogP contribution < -0.4 is 5.43 Å². The Morgan fingerprint density at radius 2 is 2.14 bits per heavy atom. The third kappa shape index (κ3) is 4.01. The molecule has 1 aliphatic rings. The lowest BCUT2D eigenvalue weighted by Gasteiger charge is -2.30. The Hall–Kier alpha value is -1.55. The summed E-state index contributed by atoms with van der Waals surface area (Å²) in [6, 6.07) is 4.39. The molecular weight excluding hydrogens is 300 g/mol. The first kappa shape index (κ1) is 16.8. The number of nitrogens with one attached hydrogen (secondary N) is 1. The van der Waals surface area contributed by atoms with Crippen molar-refractivity contribution in [1.29, 1.82) is 0 Å². The molecule has 22 heavy (non-hydrogen) atoms. The number of amides is 1. The predicted molar refractivity (Wildman–Crippen MR) is 89.4 cm³/mol. The lowest BCUT2D eigenvalue weighted by atomic mass is 9.76. The van der Waals surface area contributed by atoms with E-state index in [9.17, 15) is 9.90 Å². The Bertz CT molecular complexity index is 584. The molecule has 2 rings (SSSR count). The maximum atomic E-state index is 12.2. The number of hydrogen-bond donors (Lipinski definition) is 2. The fraction of sp³-hybridized carbons (Fsp3) is 0.529. The first-order valence-electron chi connectivity index (χ1n) is 7.73. The van der Waals surface area contributed by atoms with Gasteiger partial charge in [0.1, 0.15) is 5.75 Å². The average Bonchev–Trinajstić information content (AvgIpc) is 2.47. The summed E-state index contributed by atoms with van der Waals surface area (Å²) in [6.07, 6.45) is 3.21. The quantitative estimate of drug-likeness (QED) is 0.818. The van der Waals surface area contributed by atoms with E-state index in [1.54, 1.807) is 0 Å². The fourth-order valence-corrected chi connectivity index (χ4v) is 3.13.